The van der Waals surface area contributed by atoms with E-state index in [1.165, 1.54) is 6.92 Å². The molecule has 0 bridgehead atoms. The fourth-order valence-corrected chi connectivity index (χ4v) is 2.28. The molecule has 1 aromatic carbocycles. The number of esters is 1. The summed E-state index contributed by atoms with van der Waals surface area (Å²) in [7, 11) is 0. The highest BCUT2D eigenvalue weighted by molar-refractivity contribution is 5.99. The molecule has 5 heteroatoms. The van der Waals surface area contributed by atoms with Crippen molar-refractivity contribution < 1.29 is 19.1 Å². The van der Waals surface area contributed by atoms with Gasteiger partial charge in [-0.05, 0) is 49.4 Å². The van der Waals surface area contributed by atoms with Crippen LogP contribution in [0.4, 0.5) is 0 Å². The Morgan fingerprint density at radius 2 is 1.61 bits per heavy atom. The third kappa shape index (κ3) is 5.20. The minimum atomic E-state index is -0.749. The first kappa shape index (κ1) is 18.9. The number of hydrogen-bond acceptors (Lipinski definition) is 4. The second-order valence-corrected chi connectivity index (χ2v) is 6.20. The molecule has 0 fully saturated rings. The molecule has 23 heavy (non-hydrogen) atoms. The van der Waals surface area contributed by atoms with Crippen LogP contribution in [0.2, 0.25) is 0 Å². The number of ether oxygens (including phenoxy) is 1. The van der Waals surface area contributed by atoms with E-state index in [1.807, 2.05) is 32.9 Å². The van der Waals surface area contributed by atoms with Crippen LogP contribution >= 0.6 is 0 Å². The topological polar surface area (TPSA) is 72.5 Å². The van der Waals surface area contributed by atoms with Crippen LogP contribution in [0.25, 0.3) is 0 Å². The molecule has 0 saturated heterocycles. The highest BCUT2D eigenvalue weighted by atomic mass is 16.5. The molecule has 1 amide bonds. The molecule has 126 valence electrons. The highest BCUT2D eigenvalue weighted by Gasteiger charge is 2.25. The molecule has 1 aromatic rings. The first-order chi connectivity index (χ1) is 10.6. The molecule has 0 unspecified atom stereocenters. The van der Waals surface area contributed by atoms with E-state index in [2.05, 4.69) is 5.32 Å². The summed E-state index contributed by atoms with van der Waals surface area (Å²) < 4.78 is 5.10. The standard InChI is InChI=1S/C18H25NO4/c1-10(2)17(19-14(6)20)18(22)23-9-16(21)15-8-12(4)11(3)7-13(15)5/h7-8,10,17H,9H2,1-6H3,(H,19,20)/t17-/m1/s1. The predicted molar refractivity (Wildman–Crippen MR) is 88.4 cm³/mol. The van der Waals surface area contributed by atoms with Crippen molar-refractivity contribution in [2.45, 2.75) is 47.6 Å². The van der Waals surface area contributed by atoms with Crippen LogP contribution in [-0.2, 0) is 14.3 Å². The number of benzene rings is 1. The number of Topliss-reactive ketones (excluding diaryl/α,β-unsaturated/α-hetero) is 1. The van der Waals surface area contributed by atoms with Crippen LogP contribution in [0, 0.1) is 26.7 Å². The molecule has 1 atom stereocenters. The molecule has 0 aliphatic heterocycles. The van der Waals surface area contributed by atoms with Gasteiger partial charge in [-0.2, -0.15) is 0 Å². The van der Waals surface area contributed by atoms with Crippen LogP contribution in [0.5, 0.6) is 0 Å². The normalized spacial score (nSPS) is 12.0. The first-order valence-corrected chi connectivity index (χ1v) is 7.68. The monoisotopic (exact) mass is 319 g/mol. The van der Waals surface area contributed by atoms with Crippen molar-refractivity contribution in [3.05, 3.63) is 34.4 Å². The lowest BCUT2D eigenvalue weighted by Gasteiger charge is -2.20. The van der Waals surface area contributed by atoms with Crippen LogP contribution in [-0.4, -0.2) is 30.3 Å². The molecule has 0 aliphatic rings. The Morgan fingerprint density at radius 1 is 1.04 bits per heavy atom. The van der Waals surface area contributed by atoms with Gasteiger partial charge in [0.15, 0.2) is 6.61 Å². The fourth-order valence-electron chi connectivity index (χ4n) is 2.28. The minimum Gasteiger partial charge on any atom is -0.456 e. The maximum atomic E-state index is 12.3. The van der Waals surface area contributed by atoms with Crippen LogP contribution in [0.3, 0.4) is 0 Å². The van der Waals surface area contributed by atoms with Crippen LogP contribution < -0.4 is 5.32 Å². The summed E-state index contributed by atoms with van der Waals surface area (Å²) >= 11 is 0. The lowest BCUT2D eigenvalue weighted by molar-refractivity contribution is -0.147. The SMILES string of the molecule is CC(=O)N[C@@H](C(=O)OCC(=O)c1cc(C)c(C)cc1C)C(C)C. The fraction of sp³-hybridized carbons (Fsp3) is 0.500. The number of aryl methyl sites for hydroxylation is 3. The van der Waals surface area contributed by atoms with Gasteiger partial charge in [-0.3, -0.25) is 9.59 Å². The molecule has 1 N–H and O–H groups in total. The van der Waals surface area contributed by atoms with Gasteiger partial charge in [-0.1, -0.05) is 19.9 Å². The van der Waals surface area contributed by atoms with Crippen LogP contribution in [0.1, 0.15) is 47.8 Å². The molecule has 0 aromatic heterocycles. The van der Waals surface area contributed by atoms with E-state index in [-0.39, 0.29) is 24.2 Å². The van der Waals surface area contributed by atoms with Crippen LogP contribution in [0.15, 0.2) is 12.1 Å². The Morgan fingerprint density at radius 3 is 2.13 bits per heavy atom. The molecule has 1 rings (SSSR count). The van der Waals surface area contributed by atoms with E-state index >= 15 is 0 Å². The molecule has 0 saturated carbocycles. The van der Waals surface area contributed by atoms with Crippen molar-refractivity contribution in [1.82, 2.24) is 5.32 Å². The van der Waals surface area contributed by atoms with Gasteiger partial charge < -0.3 is 10.1 Å². The smallest absolute Gasteiger partial charge is 0.329 e. The van der Waals surface area contributed by atoms with Gasteiger partial charge in [-0.25, -0.2) is 4.79 Å². The zero-order chi connectivity index (χ0) is 17.7. The number of nitrogens with one attached hydrogen (secondary N) is 1. The Bertz CT molecular complexity index is 620. The molecule has 5 nitrogen and oxygen atoms in total. The zero-order valence-corrected chi connectivity index (χ0v) is 14.6. The van der Waals surface area contributed by atoms with Gasteiger partial charge in [0, 0.05) is 12.5 Å². The van der Waals surface area contributed by atoms with Crippen molar-refractivity contribution in [3.8, 4) is 0 Å². The first-order valence-electron chi connectivity index (χ1n) is 7.68. The van der Waals surface area contributed by atoms with Crippen molar-refractivity contribution in [2.24, 2.45) is 5.92 Å². The Labute approximate surface area is 137 Å². The largest absolute Gasteiger partial charge is 0.456 e. The number of ketones is 1. The van der Waals surface area contributed by atoms with E-state index in [0.717, 1.165) is 16.7 Å². The van der Waals surface area contributed by atoms with E-state index in [4.69, 9.17) is 4.74 Å². The van der Waals surface area contributed by atoms with Crippen molar-refractivity contribution in [1.29, 1.82) is 0 Å². The summed E-state index contributed by atoms with van der Waals surface area (Å²) in [5.74, 6) is -1.27. The molecule has 0 spiro atoms. The van der Waals surface area contributed by atoms with Crippen molar-refractivity contribution in [2.75, 3.05) is 6.61 Å². The molecular weight excluding hydrogens is 294 g/mol. The summed E-state index contributed by atoms with van der Waals surface area (Å²) in [5, 5.41) is 2.55. The second-order valence-electron chi connectivity index (χ2n) is 6.20. The van der Waals surface area contributed by atoms with Gasteiger partial charge >= 0.3 is 5.97 Å². The highest BCUT2D eigenvalue weighted by Crippen LogP contribution is 2.16. The van der Waals surface area contributed by atoms with E-state index in [1.54, 1.807) is 13.8 Å². The lowest BCUT2D eigenvalue weighted by atomic mass is 9.98. The molecule has 0 aliphatic carbocycles. The van der Waals surface area contributed by atoms with Gasteiger partial charge in [0.2, 0.25) is 11.7 Å². The third-order valence-corrected chi connectivity index (χ3v) is 3.77. The summed E-state index contributed by atoms with van der Waals surface area (Å²) in [6.45, 7) is 10.4. The maximum absolute atomic E-state index is 12.3. The molecule has 0 heterocycles. The minimum absolute atomic E-state index is 0.121. The average molecular weight is 319 g/mol. The average Bonchev–Trinajstić information content (AvgIpc) is 2.45. The van der Waals surface area contributed by atoms with Gasteiger partial charge in [0.1, 0.15) is 6.04 Å². The summed E-state index contributed by atoms with van der Waals surface area (Å²) in [6, 6.07) is 3.01. The Hall–Kier alpha value is -2.17. The molecular formula is C18H25NO4. The lowest BCUT2D eigenvalue weighted by Crippen LogP contribution is -2.44. The van der Waals surface area contributed by atoms with Gasteiger partial charge in [0.25, 0.3) is 0 Å². The van der Waals surface area contributed by atoms with E-state index in [0.29, 0.717) is 5.56 Å². The summed E-state index contributed by atoms with van der Waals surface area (Å²) in [6.07, 6.45) is 0. The second kappa shape index (κ2) is 7.90. The number of carbonyl (C=O) groups excluding carboxylic acids is 3. The number of hydrogen-bond donors (Lipinski definition) is 1. The number of amides is 1. The summed E-state index contributed by atoms with van der Waals surface area (Å²) in [5.41, 5.74) is 3.54. The zero-order valence-electron chi connectivity index (χ0n) is 14.6. The van der Waals surface area contributed by atoms with E-state index in [9.17, 15) is 14.4 Å². The van der Waals surface area contributed by atoms with Gasteiger partial charge in [-0.15, -0.1) is 0 Å². The quantitative estimate of drug-likeness (QED) is 0.646. The third-order valence-electron chi connectivity index (χ3n) is 3.77. The Balaban J connectivity index is 2.77. The van der Waals surface area contributed by atoms with E-state index < -0.39 is 12.0 Å². The maximum Gasteiger partial charge on any atom is 0.329 e. The molecule has 0 radical (unpaired) electrons. The van der Waals surface area contributed by atoms with Crippen molar-refractivity contribution in [3.63, 3.8) is 0 Å². The predicted octanol–water partition coefficient (Wildman–Crippen LogP) is 2.50. The number of rotatable bonds is 6. The Kier molecular flexibility index (Phi) is 6.49. The number of carbonyl (C=O) groups is 3. The van der Waals surface area contributed by atoms with Gasteiger partial charge in [0.05, 0.1) is 0 Å². The summed E-state index contributed by atoms with van der Waals surface area (Å²) in [4.78, 5) is 35.5. The van der Waals surface area contributed by atoms with Crippen molar-refractivity contribution >= 4 is 17.7 Å².